The number of rotatable bonds is 14. The summed E-state index contributed by atoms with van der Waals surface area (Å²) in [5.74, 6) is 5.98. The predicted molar refractivity (Wildman–Crippen MR) is 472 cm³/mol. The van der Waals surface area contributed by atoms with E-state index in [1.165, 1.54) is 49.7 Å². The Morgan fingerprint density at radius 3 is 1.20 bits per heavy atom. The molecule has 4 spiro atoms. The van der Waals surface area contributed by atoms with Crippen LogP contribution in [0.25, 0.3) is 0 Å². The molecule has 4 unspecified atom stereocenters. The maximum absolute atomic E-state index is 14.0. The van der Waals surface area contributed by atoms with Crippen molar-refractivity contribution in [1.29, 1.82) is 0 Å². The zero-order valence-corrected chi connectivity index (χ0v) is 70.6. The molecule has 22 nitrogen and oxygen atoms in total. The first-order chi connectivity index (χ1) is 59.4. The number of aromatic hydroxyl groups is 2. The molecule has 128 heavy (non-hydrogen) atoms. The van der Waals surface area contributed by atoms with Crippen molar-refractivity contribution in [1.82, 2.24) is 14.7 Å². The summed E-state index contributed by atoms with van der Waals surface area (Å²) in [6, 6.07) is 35.2. The average molecular weight is 1770 g/mol. The lowest BCUT2D eigenvalue weighted by Crippen LogP contribution is -2.81. The minimum Gasteiger partial charge on any atom is -0.632 e. The number of benzene rings is 6. The van der Waals surface area contributed by atoms with Crippen molar-refractivity contribution in [2.75, 3.05) is 52.4 Å². The van der Waals surface area contributed by atoms with Crippen molar-refractivity contribution in [3.05, 3.63) is 170 Å². The van der Waals surface area contributed by atoms with Crippen LogP contribution in [0.5, 0.6) is 46.0 Å². The molecule has 12 fully saturated rings. The Morgan fingerprint density at radius 1 is 0.453 bits per heavy atom. The molecule has 8 aliphatic heterocycles. The molecule has 26 rings (SSSR count). The minimum atomic E-state index is -4.64. The monoisotopic (exact) mass is 1760 g/mol. The number of Topliss-reactive ketones (excluding diaryl/α,β-unsaturated/α-hetero) is 4. The molecule has 688 valence electrons. The lowest BCUT2D eigenvalue weighted by Gasteiger charge is -2.67. The molecule has 20 aliphatic rings. The summed E-state index contributed by atoms with van der Waals surface area (Å²) in [6.07, 6.45) is 9.43. The summed E-state index contributed by atoms with van der Waals surface area (Å²) < 4.78 is 68.5. The highest BCUT2D eigenvalue weighted by Crippen LogP contribution is 2.72. The van der Waals surface area contributed by atoms with E-state index in [0.717, 1.165) is 153 Å². The smallest absolute Gasteiger partial charge is 0.446 e. The van der Waals surface area contributed by atoms with Gasteiger partial charge in [0.05, 0.1) is 51.6 Å². The average Bonchev–Trinajstić information content (AvgIpc) is 1.64. The Labute approximate surface area is 748 Å². The van der Waals surface area contributed by atoms with Crippen LogP contribution in [0.15, 0.2) is 109 Å². The normalized spacial score (nSPS) is 37.2. The Balaban J connectivity index is 0.000000112. The van der Waals surface area contributed by atoms with E-state index in [2.05, 4.69) is 26.8 Å². The topological polar surface area (TPSA) is 295 Å². The molecule has 20 atom stereocenters. The lowest BCUT2D eigenvalue weighted by molar-refractivity contribution is -0.924. The number of aldehydes is 1. The van der Waals surface area contributed by atoms with Crippen molar-refractivity contribution >= 4 is 29.4 Å². The van der Waals surface area contributed by atoms with Crippen LogP contribution in [-0.2, 0) is 84.5 Å². The van der Waals surface area contributed by atoms with Crippen LogP contribution in [0, 0.1) is 46.6 Å². The minimum absolute atomic E-state index is 0. The number of carbonyl (C=O) groups excluding carboxylic acids is 5. The van der Waals surface area contributed by atoms with Gasteiger partial charge in [-0.1, -0.05) is 135 Å². The van der Waals surface area contributed by atoms with Gasteiger partial charge in [-0.2, -0.15) is 13.2 Å². The van der Waals surface area contributed by atoms with Crippen LogP contribution in [0.3, 0.4) is 0 Å². The molecule has 6 N–H and O–H groups in total. The van der Waals surface area contributed by atoms with Gasteiger partial charge < -0.3 is 68.9 Å². The van der Waals surface area contributed by atoms with Gasteiger partial charge in [0, 0.05) is 103 Å². The highest BCUT2D eigenvalue weighted by molar-refractivity contribution is 5.94. The highest BCUT2D eigenvalue weighted by Gasteiger charge is 2.80. The second kappa shape index (κ2) is 31.6. The number of likely N-dealkylation sites (tertiary alicyclic amines) is 4. The third-order valence-corrected chi connectivity index (χ3v) is 34.1. The lowest BCUT2D eigenvalue weighted by atomic mass is 9.47. The fourth-order valence-electron chi connectivity index (χ4n) is 27.8. The second-order valence-corrected chi connectivity index (χ2v) is 41.0. The van der Waals surface area contributed by atoms with Crippen molar-refractivity contribution in [2.24, 2.45) is 41.4 Å². The molecule has 0 amide bonds. The summed E-state index contributed by atoms with van der Waals surface area (Å²) in [4.78, 5) is 68.9. The standard InChI is InChI=1S/C28H31NO4.C27H29NO4.C21H25NO5.C21H25NO4.C2HF3O.4CH4/c1-17-14-28(31)22-13-20-9-10-21(32-16-19-5-3-2-4-6-19)25-23(20)27(28,26(33-25)24(17)30)11-12-29(22)15-18-7-8-18;29-20-10-11-27(30)22-14-19-8-9-21(31-16-18-4-2-1-3-5-18)24-23(19)26(27,25(20)32-24)12-13-28(22)15-17-6-7-17;1-11-9-21(25)15-8-13-4-5-14(23)18-16(13)20(21,19(27-18)17(11)24)6-7-22(15,26)10-12-2-3-12;1-11-9-21(25)15-8-13-4-5-14(23)18-16(13)20(21,19(26-18)17(11)24)6-7-22(15)10-12-2-3-12;3-2(4,5)1-6;;;;/h2-6,9-10,17-18,22,26,31H,7-8,11-16H2,1H3;1-5,8-9,17,22,25,30H,6-7,10-16H2;4-5,11-12,15,19,23,25H,2-3,6-10H2,1H3;4-5,11-12,15,19,23,25H,2-3,6-10H2,1H3;1H;4*1H4/t17?,22-,26+,27+,28-;22-,25+,26+,27-;11?,15-,19+,20+,21-,22?;11?,15-,19+,20+,21-;;;;;/m1111...../s1. The van der Waals surface area contributed by atoms with Gasteiger partial charge in [0.1, 0.15) is 24.9 Å². The maximum atomic E-state index is 14.0. The van der Waals surface area contributed by atoms with Crippen LogP contribution in [0.2, 0.25) is 0 Å². The zero-order valence-electron chi connectivity index (χ0n) is 70.6. The summed E-state index contributed by atoms with van der Waals surface area (Å²) in [5, 5.41) is 83.8. The van der Waals surface area contributed by atoms with Crippen LogP contribution in [0.4, 0.5) is 13.2 Å². The molecule has 25 heteroatoms. The van der Waals surface area contributed by atoms with E-state index in [0.29, 0.717) is 112 Å². The van der Waals surface area contributed by atoms with Crippen molar-refractivity contribution in [3.8, 4) is 46.0 Å². The summed E-state index contributed by atoms with van der Waals surface area (Å²) in [6.45, 7) is 13.5. The Kier molecular flexibility index (Phi) is 22.2. The summed E-state index contributed by atoms with van der Waals surface area (Å²) >= 11 is 0. The van der Waals surface area contributed by atoms with Crippen molar-refractivity contribution < 1.29 is 101 Å². The first-order valence-corrected chi connectivity index (χ1v) is 45.8. The van der Waals surface area contributed by atoms with Crippen molar-refractivity contribution in [2.45, 2.75) is 297 Å². The van der Waals surface area contributed by atoms with E-state index < -0.39 is 87.0 Å². The fourth-order valence-corrected chi connectivity index (χ4v) is 27.8. The van der Waals surface area contributed by atoms with Crippen LogP contribution >= 0.6 is 0 Å². The highest BCUT2D eigenvalue weighted by atomic mass is 19.4. The number of quaternary nitrogens is 1. The number of piperidine rings is 4. The number of aliphatic hydroxyl groups is 4. The van der Waals surface area contributed by atoms with E-state index in [-0.39, 0.29) is 105 Å². The second-order valence-electron chi connectivity index (χ2n) is 41.0. The van der Waals surface area contributed by atoms with Crippen molar-refractivity contribution in [3.63, 3.8) is 0 Å². The number of alkyl halides is 3. The number of hydrogen-bond acceptors (Lipinski definition) is 21. The molecule has 4 saturated heterocycles. The number of nitrogens with zero attached hydrogens (tertiary/aromatic N) is 4. The van der Waals surface area contributed by atoms with Gasteiger partial charge in [-0.3, -0.25) is 38.7 Å². The SMILES string of the molecule is C.C.C.C.CC1C[C@@]2(O)[C@H]3Cc4ccc(O)c5c4[C@@]2(CCN3CC2CC2)[C@@H](O5)C1=O.CC1C[C@@]2(O)[C@H]3Cc4ccc(O)c5c4[C@@]2(CC[N+]3([O-])CC2CC2)[C@@H](O5)C1=O.CC1C[C@@]2(O)[C@H]3Cc4ccc(OCc5ccccc5)c5c4[C@@]2(CCN3CC2CC2)[C@@H](O5)C1=O.O=C1CC[C@@]2(O)[C@H]3Cc4ccc(OCc5ccccc5)c5c4[C@@]2(CCN3CC2CC2)[C@H]1O5.O=CC(F)(F)F. The number of hydrogen-bond donors (Lipinski definition) is 6. The third-order valence-electron chi connectivity index (χ3n) is 34.1. The largest absolute Gasteiger partial charge is 0.632 e. The van der Waals surface area contributed by atoms with E-state index in [1.54, 1.807) is 12.1 Å². The van der Waals surface area contributed by atoms with Gasteiger partial charge in [-0.05, 0) is 211 Å². The number of halogens is 3. The van der Waals surface area contributed by atoms with Gasteiger partial charge in [0.2, 0.25) is 6.29 Å². The molecule has 6 aromatic carbocycles. The molecule has 8 bridgehead atoms. The molecule has 8 saturated carbocycles. The van der Waals surface area contributed by atoms with Gasteiger partial charge in [-0.25, -0.2) is 0 Å². The maximum Gasteiger partial charge on any atom is 0.446 e. The number of ketones is 4. The first-order valence-electron chi connectivity index (χ1n) is 45.8. The molecule has 8 heterocycles. The van der Waals surface area contributed by atoms with E-state index in [1.807, 2.05) is 106 Å². The van der Waals surface area contributed by atoms with Crippen LogP contribution < -0.4 is 28.4 Å². The number of hydroxylamine groups is 3. The molecular weight excluding hydrogens is 1640 g/mol. The fraction of sp³-hybridized carbons (Fsp3) is 0.602. The quantitative estimate of drug-likeness (QED) is 0.0335. The molecule has 0 aromatic heterocycles. The molecule has 12 aliphatic carbocycles. The molecule has 0 radical (unpaired) electrons. The van der Waals surface area contributed by atoms with Crippen LogP contribution in [0.1, 0.15) is 215 Å². The van der Waals surface area contributed by atoms with E-state index in [9.17, 15) is 68.2 Å². The molecular formula is C103H127F3N4O18. The number of phenols is 2. The predicted octanol–water partition coefficient (Wildman–Crippen LogP) is 13.9. The number of ether oxygens (including phenoxy) is 6. The summed E-state index contributed by atoms with van der Waals surface area (Å²) in [5.41, 5.74) is 3.56. The Morgan fingerprint density at radius 2 is 0.797 bits per heavy atom. The Bertz CT molecular complexity index is 5390. The number of carbonyl (C=O) groups is 5. The third kappa shape index (κ3) is 13.1. The van der Waals surface area contributed by atoms with Gasteiger partial charge in [0.15, 0.2) is 93.5 Å². The first kappa shape index (κ1) is 90.1. The van der Waals surface area contributed by atoms with Crippen LogP contribution in [-0.4, -0.2) is 209 Å². The van der Waals surface area contributed by atoms with Gasteiger partial charge >= 0.3 is 6.18 Å². The van der Waals surface area contributed by atoms with Gasteiger partial charge in [0.25, 0.3) is 0 Å². The summed E-state index contributed by atoms with van der Waals surface area (Å²) in [7, 11) is 0. The number of phenolic OH excluding ortho intramolecular Hbond substituents is 2. The zero-order chi connectivity index (χ0) is 85.7. The van der Waals surface area contributed by atoms with Gasteiger partial charge in [-0.15, -0.1) is 0 Å². The Hall–Kier alpha value is -8.50. The van der Waals surface area contributed by atoms with E-state index >= 15 is 0 Å². The molecule has 6 aromatic rings. The van der Waals surface area contributed by atoms with E-state index in [4.69, 9.17) is 33.2 Å².